The monoisotopic (exact) mass is 457 g/mol. The first-order valence-electron chi connectivity index (χ1n) is 6.90. The second-order valence-corrected chi connectivity index (χ2v) is 6.94. The maximum atomic E-state index is 12.8. The largest absolute Gasteiger partial charge is 0.334 e. The Labute approximate surface area is 147 Å². The molecule has 2 nitrogen and oxygen atoms in total. The summed E-state index contributed by atoms with van der Waals surface area (Å²) in [5.74, 6) is 0.0751. The number of halogens is 2. The minimum atomic E-state index is 0.0751. The number of amides is 1. The number of hydrogen-bond donors (Lipinski definition) is 0. The molecule has 2 aromatic rings. The third-order valence-corrected chi connectivity index (χ3v) is 4.52. The summed E-state index contributed by atoms with van der Waals surface area (Å²) in [5, 5.41) is 0. The van der Waals surface area contributed by atoms with Gasteiger partial charge >= 0.3 is 0 Å². The first-order chi connectivity index (χ1) is 10.1. The van der Waals surface area contributed by atoms with Gasteiger partial charge < -0.3 is 4.90 Å². The summed E-state index contributed by atoms with van der Waals surface area (Å²) in [5.41, 5.74) is 1.88. The lowest BCUT2D eigenvalue weighted by molar-refractivity contribution is 0.0742. The van der Waals surface area contributed by atoms with E-state index in [2.05, 4.69) is 57.6 Å². The Balaban J connectivity index is 2.25. The molecule has 110 valence electrons. The first kappa shape index (κ1) is 16.5. The quantitative estimate of drug-likeness (QED) is 0.571. The van der Waals surface area contributed by atoms with Crippen LogP contribution in [0.3, 0.4) is 0 Å². The smallest absolute Gasteiger partial charge is 0.255 e. The van der Waals surface area contributed by atoms with Crippen LogP contribution in [0, 0.1) is 3.57 Å². The van der Waals surface area contributed by atoms with E-state index in [0.717, 1.165) is 32.1 Å². The summed E-state index contributed by atoms with van der Waals surface area (Å²) in [6.45, 7) is 3.49. The van der Waals surface area contributed by atoms with Crippen molar-refractivity contribution >= 4 is 44.4 Å². The summed E-state index contributed by atoms with van der Waals surface area (Å²) in [6.07, 6.45) is 0.945. The van der Waals surface area contributed by atoms with Crippen LogP contribution in [0.15, 0.2) is 53.0 Å². The van der Waals surface area contributed by atoms with E-state index in [-0.39, 0.29) is 5.91 Å². The third kappa shape index (κ3) is 4.54. The molecule has 2 rings (SSSR count). The highest BCUT2D eigenvalue weighted by Gasteiger charge is 2.18. The van der Waals surface area contributed by atoms with Gasteiger partial charge in [0.1, 0.15) is 0 Å². The van der Waals surface area contributed by atoms with Crippen LogP contribution in [0.2, 0.25) is 0 Å². The van der Waals surface area contributed by atoms with E-state index in [1.165, 1.54) is 0 Å². The van der Waals surface area contributed by atoms with Gasteiger partial charge in [-0.3, -0.25) is 4.79 Å². The maximum absolute atomic E-state index is 12.8. The summed E-state index contributed by atoms with van der Waals surface area (Å²) in [6, 6.07) is 16.0. The zero-order valence-electron chi connectivity index (χ0n) is 11.9. The van der Waals surface area contributed by atoms with Crippen LogP contribution in [0.4, 0.5) is 0 Å². The normalized spacial score (nSPS) is 10.4. The average Bonchev–Trinajstić information content (AvgIpc) is 2.49. The zero-order chi connectivity index (χ0) is 15.2. The van der Waals surface area contributed by atoms with Gasteiger partial charge in [-0.15, -0.1) is 0 Å². The van der Waals surface area contributed by atoms with Gasteiger partial charge in [0.15, 0.2) is 0 Å². The number of nitrogens with zero attached hydrogens (tertiary/aromatic N) is 1. The molecule has 0 aliphatic carbocycles. The molecule has 4 heteroatoms. The van der Waals surface area contributed by atoms with Crippen molar-refractivity contribution < 1.29 is 4.79 Å². The number of carbonyl (C=O) groups is 1. The predicted molar refractivity (Wildman–Crippen MR) is 98.3 cm³/mol. The van der Waals surface area contributed by atoms with E-state index in [0.29, 0.717) is 6.54 Å². The minimum Gasteiger partial charge on any atom is -0.334 e. The standard InChI is InChI=1S/C17H17BrINO/c1-2-10-20(12-13-6-4-3-5-7-13)17(21)15-11-14(19)8-9-16(15)18/h3-9,11H,2,10,12H2,1H3. The van der Waals surface area contributed by atoms with Gasteiger partial charge in [0.05, 0.1) is 5.56 Å². The predicted octanol–water partition coefficient (Wildman–Crippen LogP) is 5.11. The first-order valence-corrected chi connectivity index (χ1v) is 8.77. The molecule has 0 bridgehead atoms. The Bertz CT molecular complexity index is 615. The van der Waals surface area contributed by atoms with E-state index >= 15 is 0 Å². The van der Waals surface area contributed by atoms with Crippen LogP contribution in [-0.2, 0) is 6.54 Å². The van der Waals surface area contributed by atoms with Crippen LogP contribution in [0.1, 0.15) is 29.3 Å². The Kier molecular flexibility index (Phi) is 6.23. The fourth-order valence-corrected chi connectivity index (χ4v) is 3.07. The molecule has 0 unspecified atom stereocenters. The maximum Gasteiger partial charge on any atom is 0.255 e. The lowest BCUT2D eigenvalue weighted by Crippen LogP contribution is -2.31. The van der Waals surface area contributed by atoms with Gasteiger partial charge in [-0.2, -0.15) is 0 Å². The molecule has 0 atom stereocenters. The van der Waals surface area contributed by atoms with E-state index < -0.39 is 0 Å². The number of hydrogen-bond acceptors (Lipinski definition) is 1. The molecule has 0 N–H and O–H groups in total. The lowest BCUT2D eigenvalue weighted by Gasteiger charge is -2.23. The molecule has 0 aromatic heterocycles. The number of carbonyl (C=O) groups excluding carboxylic acids is 1. The van der Waals surface area contributed by atoms with Crippen molar-refractivity contribution in [3.05, 3.63) is 67.7 Å². The van der Waals surface area contributed by atoms with Crippen LogP contribution >= 0.6 is 38.5 Å². The second kappa shape index (κ2) is 7.94. The molecule has 0 spiro atoms. The summed E-state index contributed by atoms with van der Waals surface area (Å²) in [7, 11) is 0. The summed E-state index contributed by atoms with van der Waals surface area (Å²) in [4.78, 5) is 14.7. The molecule has 2 aromatic carbocycles. The highest BCUT2D eigenvalue weighted by atomic mass is 127. The Morgan fingerprint density at radius 3 is 2.57 bits per heavy atom. The van der Waals surface area contributed by atoms with Gasteiger partial charge in [0.2, 0.25) is 0 Å². The van der Waals surface area contributed by atoms with Gasteiger partial charge in [-0.1, -0.05) is 37.3 Å². The average molecular weight is 458 g/mol. The molecule has 0 aliphatic heterocycles. The van der Waals surface area contributed by atoms with Crippen LogP contribution in [0.5, 0.6) is 0 Å². The topological polar surface area (TPSA) is 20.3 Å². The van der Waals surface area contributed by atoms with Gasteiger partial charge in [0, 0.05) is 21.1 Å². The molecule has 1 amide bonds. The molecule has 0 aliphatic rings. The van der Waals surface area contributed by atoms with E-state index in [9.17, 15) is 4.79 Å². The molecule has 0 saturated heterocycles. The van der Waals surface area contributed by atoms with E-state index in [4.69, 9.17) is 0 Å². The Hall–Kier alpha value is -0.880. The van der Waals surface area contributed by atoms with Crippen molar-refractivity contribution in [1.29, 1.82) is 0 Å². The van der Waals surface area contributed by atoms with Crippen LogP contribution in [0.25, 0.3) is 0 Å². The summed E-state index contributed by atoms with van der Waals surface area (Å²) < 4.78 is 1.91. The number of rotatable bonds is 5. The van der Waals surface area contributed by atoms with Gasteiger partial charge in [-0.05, 0) is 68.7 Å². The number of benzene rings is 2. The Morgan fingerprint density at radius 1 is 1.19 bits per heavy atom. The molecular weight excluding hydrogens is 441 g/mol. The van der Waals surface area contributed by atoms with Crippen molar-refractivity contribution in [3.63, 3.8) is 0 Å². The molecule has 0 radical (unpaired) electrons. The van der Waals surface area contributed by atoms with E-state index in [1.807, 2.05) is 41.3 Å². The highest BCUT2D eigenvalue weighted by Crippen LogP contribution is 2.22. The second-order valence-electron chi connectivity index (χ2n) is 4.84. The van der Waals surface area contributed by atoms with Crippen molar-refractivity contribution in [2.45, 2.75) is 19.9 Å². The highest BCUT2D eigenvalue weighted by molar-refractivity contribution is 14.1. The fraction of sp³-hybridized carbons (Fsp3) is 0.235. The third-order valence-electron chi connectivity index (χ3n) is 3.16. The minimum absolute atomic E-state index is 0.0751. The van der Waals surface area contributed by atoms with Gasteiger partial charge in [0.25, 0.3) is 5.91 Å². The van der Waals surface area contributed by atoms with Crippen LogP contribution in [-0.4, -0.2) is 17.4 Å². The SMILES string of the molecule is CCCN(Cc1ccccc1)C(=O)c1cc(I)ccc1Br. The molecule has 21 heavy (non-hydrogen) atoms. The lowest BCUT2D eigenvalue weighted by atomic mass is 10.1. The molecule has 0 fully saturated rings. The molecule has 0 saturated carbocycles. The van der Waals surface area contributed by atoms with Crippen molar-refractivity contribution in [2.24, 2.45) is 0 Å². The fourth-order valence-electron chi connectivity index (χ4n) is 2.16. The van der Waals surface area contributed by atoms with Gasteiger partial charge in [-0.25, -0.2) is 0 Å². The Morgan fingerprint density at radius 2 is 1.90 bits per heavy atom. The van der Waals surface area contributed by atoms with Crippen molar-refractivity contribution in [1.82, 2.24) is 4.90 Å². The van der Waals surface area contributed by atoms with Crippen molar-refractivity contribution in [2.75, 3.05) is 6.54 Å². The van der Waals surface area contributed by atoms with E-state index in [1.54, 1.807) is 0 Å². The summed E-state index contributed by atoms with van der Waals surface area (Å²) >= 11 is 5.72. The van der Waals surface area contributed by atoms with Crippen LogP contribution < -0.4 is 0 Å². The molecular formula is C17H17BrINO. The van der Waals surface area contributed by atoms with Crippen molar-refractivity contribution in [3.8, 4) is 0 Å². The molecule has 0 heterocycles. The zero-order valence-corrected chi connectivity index (χ0v) is 15.6.